The molecule has 0 amide bonds. The Kier molecular flexibility index (Phi) is 4.36. The van der Waals surface area contributed by atoms with Gasteiger partial charge in [0.05, 0.1) is 0 Å². The van der Waals surface area contributed by atoms with Crippen molar-refractivity contribution >= 4 is 48.4 Å². The average Bonchev–Trinajstić information content (AvgIpc) is 2.14. The molecule has 0 aliphatic carbocycles. The van der Waals surface area contributed by atoms with Crippen LogP contribution in [0.2, 0.25) is 0 Å². The summed E-state index contributed by atoms with van der Waals surface area (Å²) in [5, 5.41) is 9.91. The van der Waals surface area contributed by atoms with Gasteiger partial charge in [-0.15, -0.1) is 0 Å². The number of halogens is 3. The van der Waals surface area contributed by atoms with Crippen molar-refractivity contribution in [2.75, 3.05) is 6.26 Å². The third-order valence-corrected chi connectivity index (χ3v) is 8.38. The number of alkyl halides is 2. The fourth-order valence-electron chi connectivity index (χ4n) is 1.07. The minimum atomic E-state index is -3.53. The summed E-state index contributed by atoms with van der Waals surface area (Å²) >= 11 is 4.54. The zero-order valence-corrected chi connectivity index (χ0v) is 12.8. The van der Waals surface area contributed by atoms with Gasteiger partial charge in [0.1, 0.15) is 11.9 Å². The van der Waals surface area contributed by atoms with Crippen molar-refractivity contribution in [1.29, 1.82) is 0 Å². The molecule has 0 fully saturated rings. The fraction of sp³-hybridized carbons (Fsp3) is 0.333. The summed E-state index contributed by atoms with van der Waals surface area (Å²) < 4.78 is 34.3. The molecule has 0 saturated carbocycles. The second kappa shape index (κ2) is 4.87. The monoisotopic (exact) mass is 422 g/mol. The lowest BCUT2D eigenvalue weighted by Gasteiger charge is -2.25. The molecule has 90 valence electrons. The van der Waals surface area contributed by atoms with E-state index in [1.165, 1.54) is 18.2 Å². The SMILES string of the molecule is CS(=O)(=O)[C@@](Br)(I)[C@H](O)c1cccc(F)c1. The maximum absolute atomic E-state index is 12.9. The van der Waals surface area contributed by atoms with Crippen LogP contribution in [-0.4, -0.2) is 21.4 Å². The Balaban J connectivity index is 3.17. The van der Waals surface area contributed by atoms with Gasteiger partial charge in [-0.2, -0.15) is 0 Å². The fourth-order valence-corrected chi connectivity index (χ4v) is 2.24. The summed E-state index contributed by atoms with van der Waals surface area (Å²) in [7, 11) is -3.53. The van der Waals surface area contributed by atoms with Gasteiger partial charge in [0.15, 0.2) is 9.84 Å². The van der Waals surface area contributed by atoms with Crippen LogP contribution in [0.15, 0.2) is 24.3 Å². The molecule has 0 saturated heterocycles. The zero-order chi connectivity index (χ0) is 12.6. The highest BCUT2D eigenvalue weighted by atomic mass is 127. The van der Waals surface area contributed by atoms with E-state index in [-0.39, 0.29) is 5.56 Å². The van der Waals surface area contributed by atoms with Crippen molar-refractivity contribution < 1.29 is 17.9 Å². The van der Waals surface area contributed by atoms with Crippen molar-refractivity contribution in [1.82, 2.24) is 0 Å². The largest absolute Gasteiger partial charge is 0.385 e. The van der Waals surface area contributed by atoms with Gasteiger partial charge >= 0.3 is 0 Å². The first kappa shape index (κ1) is 14.3. The van der Waals surface area contributed by atoms with Crippen LogP contribution < -0.4 is 0 Å². The molecule has 16 heavy (non-hydrogen) atoms. The van der Waals surface area contributed by atoms with Crippen LogP contribution >= 0.6 is 38.5 Å². The van der Waals surface area contributed by atoms with E-state index >= 15 is 0 Å². The maximum Gasteiger partial charge on any atom is 0.206 e. The highest BCUT2D eigenvalue weighted by Crippen LogP contribution is 2.44. The van der Waals surface area contributed by atoms with Gasteiger partial charge in [-0.1, -0.05) is 28.1 Å². The molecule has 7 heteroatoms. The molecule has 0 radical (unpaired) electrons. The summed E-state index contributed by atoms with van der Waals surface area (Å²) in [5.74, 6) is -0.523. The molecule has 3 nitrogen and oxygen atoms in total. The molecule has 1 aromatic rings. The number of rotatable bonds is 3. The standard InChI is InChI=1S/C9H9BrFIO3S/c1-16(14,15)9(10,12)8(13)6-3-2-4-7(11)5-6/h2-5,8,13H,1H3/t8-,9+/m1/s1. The normalized spacial score (nSPS) is 17.8. The first-order valence-corrected chi connectivity index (χ1v) is 7.93. The summed E-state index contributed by atoms with van der Waals surface area (Å²) in [4.78, 5) is 0. The maximum atomic E-state index is 12.9. The van der Waals surface area contributed by atoms with Gasteiger partial charge in [-0.25, -0.2) is 12.8 Å². The number of sulfone groups is 1. The Labute approximate surface area is 115 Å². The Hall–Kier alpha value is 0.270. The Morgan fingerprint density at radius 1 is 1.56 bits per heavy atom. The minimum absolute atomic E-state index is 0.205. The van der Waals surface area contributed by atoms with E-state index < -0.39 is 23.4 Å². The van der Waals surface area contributed by atoms with Crippen LogP contribution in [0.3, 0.4) is 0 Å². The van der Waals surface area contributed by atoms with Gasteiger partial charge in [0.25, 0.3) is 0 Å². The third kappa shape index (κ3) is 2.93. The number of aliphatic hydroxyl groups excluding tert-OH is 1. The van der Waals surface area contributed by atoms with Crippen LogP contribution in [-0.2, 0) is 9.84 Å². The van der Waals surface area contributed by atoms with E-state index in [9.17, 15) is 17.9 Å². The van der Waals surface area contributed by atoms with E-state index in [0.717, 1.165) is 12.3 Å². The number of aliphatic hydroxyl groups is 1. The third-order valence-electron chi connectivity index (χ3n) is 1.98. The van der Waals surface area contributed by atoms with Crippen LogP contribution in [0.5, 0.6) is 0 Å². The molecule has 0 aromatic heterocycles. The predicted octanol–water partition coefficient (Wildman–Crippen LogP) is 2.39. The molecular weight excluding hydrogens is 414 g/mol. The molecule has 1 rings (SSSR count). The lowest BCUT2D eigenvalue weighted by atomic mass is 10.1. The Morgan fingerprint density at radius 2 is 2.12 bits per heavy atom. The minimum Gasteiger partial charge on any atom is -0.385 e. The van der Waals surface area contributed by atoms with Crippen molar-refractivity contribution in [2.24, 2.45) is 0 Å². The first-order chi connectivity index (χ1) is 7.16. The van der Waals surface area contributed by atoms with Gasteiger partial charge in [-0.05, 0) is 40.3 Å². The number of hydrogen-bond acceptors (Lipinski definition) is 3. The molecule has 2 atom stereocenters. The molecule has 0 spiro atoms. The summed E-state index contributed by atoms with van der Waals surface area (Å²) in [6, 6.07) is 5.20. The van der Waals surface area contributed by atoms with Gasteiger partial charge < -0.3 is 5.11 Å². The smallest absolute Gasteiger partial charge is 0.206 e. The van der Waals surface area contributed by atoms with Gasteiger partial charge in [0.2, 0.25) is 1.66 Å². The van der Waals surface area contributed by atoms with Crippen molar-refractivity contribution in [3.63, 3.8) is 0 Å². The molecule has 0 heterocycles. The molecule has 0 unspecified atom stereocenters. The van der Waals surface area contributed by atoms with E-state index in [0.29, 0.717) is 0 Å². The average molecular weight is 423 g/mol. The molecule has 1 N–H and O–H groups in total. The van der Waals surface area contributed by atoms with Crippen molar-refractivity contribution in [3.05, 3.63) is 35.6 Å². The van der Waals surface area contributed by atoms with E-state index in [2.05, 4.69) is 15.9 Å². The van der Waals surface area contributed by atoms with Crippen LogP contribution in [0.25, 0.3) is 0 Å². The molecular formula is C9H9BrFIO3S. The molecule has 1 aromatic carbocycles. The van der Waals surface area contributed by atoms with Crippen molar-refractivity contribution in [2.45, 2.75) is 7.77 Å². The quantitative estimate of drug-likeness (QED) is 0.601. The van der Waals surface area contributed by atoms with E-state index in [1.807, 2.05) is 0 Å². The van der Waals surface area contributed by atoms with Gasteiger partial charge in [0, 0.05) is 6.26 Å². The van der Waals surface area contributed by atoms with E-state index in [4.69, 9.17) is 0 Å². The summed E-state index contributed by atoms with van der Waals surface area (Å²) in [6.45, 7) is 0. The highest BCUT2D eigenvalue weighted by molar-refractivity contribution is 14.1. The second-order valence-corrected chi connectivity index (χ2v) is 11.2. The molecule has 0 aliphatic heterocycles. The lowest BCUT2D eigenvalue weighted by Crippen LogP contribution is -2.31. The van der Waals surface area contributed by atoms with Crippen LogP contribution in [0, 0.1) is 5.82 Å². The number of benzene rings is 1. The Morgan fingerprint density at radius 3 is 2.56 bits per heavy atom. The lowest BCUT2D eigenvalue weighted by molar-refractivity contribution is 0.191. The first-order valence-electron chi connectivity index (χ1n) is 4.17. The topological polar surface area (TPSA) is 54.4 Å². The van der Waals surface area contributed by atoms with Crippen LogP contribution in [0.4, 0.5) is 4.39 Å². The van der Waals surface area contributed by atoms with Crippen molar-refractivity contribution in [3.8, 4) is 0 Å². The molecule has 0 aliphatic rings. The molecule has 0 bridgehead atoms. The summed E-state index contributed by atoms with van der Waals surface area (Å²) in [5.41, 5.74) is 0.205. The Bertz CT molecular complexity index is 489. The van der Waals surface area contributed by atoms with E-state index in [1.54, 1.807) is 22.6 Å². The number of hydrogen-bond donors (Lipinski definition) is 1. The highest BCUT2D eigenvalue weighted by Gasteiger charge is 2.43. The predicted molar refractivity (Wildman–Crippen MR) is 71.9 cm³/mol. The zero-order valence-electron chi connectivity index (χ0n) is 8.19. The van der Waals surface area contributed by atoms with Crippen LogP contribution in [0.1, 0.15) is 11.7 Å². The van der Waals surface area contributed by atoms with Gasteiger partial charge in [-0.3, -0.25) is 0 Å². The summed E-state index contributed by atoms with van der Waals surface area (Å²) in [6.07, 6.45) is -0.352. The second-order valence-electron chi connectivity index (χ2n) is 3.29.